The molecule has 1 aliphatic carbocycles. The second kappa shape index (κ2) is 10.6. The minimum atomic E-state index is -3.04. The van der Waals surface area contributed by atoms with Gasteiger partial charge in [-0.05, 0) is 42.7 Å². The molecular weight excluding hydrogens is 535 g/mol. The molecule has 1 aliphatic heterocycles. The van der Waals surface area contributed by atoms with E-state index in [1.54, 1.807) is 24.3 Å². The smallest absolute Gasteiger partial charge is 0.248 e. The van der Waals surface area contributed by atoms with Crippen LogP contribution in [0.15, 0.2) is 42.6 Å². The summed E-state index contributed by atoms with van der Waals surface area (Å²) in [6, 6.07) is 9.65. The number of anilines is 2. The number of halogens is 3. The van der Waals surface area contributed by atoms with Crippen LogP contribution in [0.3, 0.4) is 0 Å². The Morgan fingerprint density at radius 3 is 2.46 bits per heavy atom. The zero-order valence-corrected chi connectivity index (χ0v) is 21.8. The summed E-state index contributed by atoms with van der Waals surface area (Å²) in [6.07, 6.45) is 0.739. The topological polar surface area (TPSA) is 117 Å². The number of aliphatic hydroxyl groups excluding tert-OH is 1. The average molecular weight is 564 g/mol. The van der Waals surface area contributed by atoms with E-state index in [9.17, 15) is 31.5 Å². The molecule has 2 aliphatic rings. The van der Waals surface area contributed by atoms with Crippen molar-refractivity contribution in [3.63, 3.8) is 0 Å². The molecule has 1 amide bonds. The molecule has 9 nitrogen and oxygen atoms in total. The number of benzene rings is 1. The second-order valence-electron chi connectivity index (χ2n) is 9.90. The first kappa shape index (κ1) is 27.1. The van der Waals surface area contributed by atoms with Crippen LogP contribution in [0.2, 0.25) is 0 Å². The first-order valence-corrected chi connectivity index (χ1v) is 14.5. The normalized spacial score (nSPS) is 20.5. The van der Waals surface area contributed by atoms with Gasteiger partial charge in [0.1, 0.15) is 5.82 Å². The van der Waals surface area contributed by atoms with Crippen molar-refractivity contribution in [2.75, 3.05) is 34.8 Å². The van der Waals surface area contributed by atoms with E-state index in [1.165, 1.54) is 16.8 Å². The molecule has 2 N–H and O–H groups in total. The van der Waals surface area contributed by atoms with E-state index in [0.29, 0.717) is 30.6 Å². The van der Waals surface area contributed by atoms with E-state index in [2.05, 4.69) is 15.4 Å². The van der Waals surface area contributed by atoms with Crippen LogP contribution in [-0.4, -0.2) is 64.7 Å². The van der Waals surface area contributed by atoms with Gasteiger partial charge >= 0.3 is 0 Å². The van der Waals surface area contributed by atoms with Crippen LogP contribution in [0.5, 0.6) is 0 Å². The Morgan fingerprint density at radius 1 is 1.13 bits per heavy atom. The second-order valence-corrected chi connectivity index (χ2v) is 12.2. The van der Waals surface area contributed by atoms with Gasteiger partial charge in [-0.15, -0.1) is 5.10 Å². The van der Waals surface area contributed by atoms with Crippen molar-refractivity contribution in [1.29, 1.82) is 0 Å². The fourth-order valence-electron chi connectivity index (χ4n) is 5.10. The van der Waals surface area contributed by atoms with Crippen molar-refractivity contribution < 1.29 is 31.5 Å². The van der Waals surface area contributed by atoms with E-state index >= 15 is 0 Å². The lowest BCUT2D eigenvalue weighted by Crippen LogP contribution is -2.40. The summed E-state index contributed by atoms with van der Waals surface area (Å²) in [5, 5.41) is 17.4. The van der Waals surface area contributed by atoms with Crippen molar-refractivity contribution in [2.45, 2.75) is 38.2 Å². The van der Waals surface area contributed by atoms with E-state index in [1.807, 2.05) is 4.90 Å². The molecule has 13 heteroatoms. The van der Waals surface area contributed by atoms with Gasteiger partial charge in [0.05, 0.1) is 35.6 Å². The number of nitrogens with one attached hydrogen (secondary N) is 1. The van der Waals surface area contributed by atoms with Gasteiger partial charge in [0, 0.05) is 37.5 Å². The number of hydrogen-bond donors (Lipinski definition) is 2. The number of nitrogens with zero attached hydrogens (tertiary/aromatic N) is 4. The monoisotopic (exact) mass is 563 g/mol. The molecule has 3 heterocycles. The van der Waals surface area contributed by atoms with E-state index in [4.69, 9.17) is 0 Å². The van der Waals surface area contributed by atoms with Gasteiger partial charge in [-0.3, -0.25) is 4.79 Å². The van der Waals surface area contributed by atoms with Crippen LogP contribution in [0.25, 0.3) is 16.9 Å². The predicted molar refractivity (Wildman–Crippen MR) is 139 cm³/mol. The van der Waals surface area contributed by atoms with E-state index < -0.39 is 46.4 Å². The minimum absolute atomic E-state index is 0.0564. The van der Waals surface area contributed by atoms with Gasteiger partial charge in [0.2, 0.25) is 11.8 Å². The summed E-state index contributed by atoms with van der Waals surface area (Å²) in [6.45, 7) is 0.223. The van der Waals surface area contributed by atoms with Gasteiger partial charge in [-0.25, -0.2) is 31.3 Å². The Morgan fingerprint density at radius 2 is 1.85 bits per heavy atom. The quantitative estimate of drug-likeness (QED) is 0.471. The van der Waals surface area contributed by atoms with Crippen LogP contribution < -0.4 is 10.2 Å². The zero-order valence-electron chi connectivity index (χ0n) is 21.0. The maximum atomic E-state index is 14.0. The third kappa shape index (κ3) is 5.93. The van der Waals surface area contributed by atoms with Gasteiger partial charge in [0.15, 0.2) is 21.5 Å². The highest BCUT2D eigenvalue weighted by atomic mass is 32.2. The fraction of sp³-hybridized carbons (Fsp3) is 0.423. The molecule has 1 atom stereocenters. The molecule has 1 saturated heterocycles. The first-order valence-electron chi connectivity index (χ1n) is 12.6. The molecule has 3 aromatic rings. The third-order valence-corrected chi connectivity index (χ3v) is 8.79. The van der Waals surface area contributed by atoms with Gasteiger partial charge in [-0.1, -0.05) is 12.1 Å². The lowest BCUT2D eigenvalue weighted by molar-refractivity contribution is -0.127. The van der Waals surface area contributed by atoms with Gasteiger partial charge < -0.3 is 15.3 Å². The molecule has 1 aromatic carbocycles. The molecule has 208 valence electrons. The molecule has 2 fully saturated rings. The summed E-state index contributed by atoms with van der Waals surface area (Å²) in [4.78, 5) is 19.0. The van der Waals surface area contributed by atoms with Crippen molar-refractivity contribution >= 4 is 27.2 Å². The lowest BCUT2D eigenvalue weighted by Gasteiger charge is -2.29. The molecule has 0 spiro atoms. The number of amides is 1. The molecule has 1 saturated carbocycles. The number of carbonyl (C=O) groups is 1. The fourth-order valence-corrected chi connectivity index (χ4v) is 6.30. The summed E-state index contributed by atoms with van der Waals surface area (Å²) in [5.74, 6) is -4.59. The Hall–Kier alpha value is -3.45. The third-order valence-electron chi connectivity index (χ3n) is 7.18. The maximum absolute atomic E-state index is 14.0. The largest absolute Gasteiger partial charge is 0.390 e. The van der Waals surface area contributed by atoms with Gasteiger partial charge in [0.25, 0.3) is 0 Å². The standard InChI is InChI=1S/C26H28F3N5O4S/c27-19-5-8-22(30-15-19)34-21(16-35)23(24(32-34)31-25(36)18-2-1-9-26(28,29)14-18)17-3-6-20(7-4-17)33-10-12-39(37,38)13-11-33/h3-8,15,18,35H,1-2,9-14,16H2,(H,31,32,36). The van der Waals surface area contributed by atoms with Crippen LogP contribution in [0, 0.1) is 11.7 Å². The van der Waals surface area contributed by atoms with Crippen LogP contribution >= 0.6 is 0 Å². The summed E-state index contributed by atoms with van der Waals surface area (Å²) in [7, 11) is -3.04. The van der Waals surface area contributed by atoms with Crippen molar-refractivity contribution in [3.8, 4) is 16.9 Å². The van der Waals surface area contributed by atoms with E-state index in [-0.39, 0.29) is 41.7 Å². The lowest BCUT2D eigenvalue weighted by atomic mass is 9.86. The Labute approximate surface area is 223 Å². The van der Waals surface area contributed by atoms with Crippen LogP contribution in [-0.2, 0) is 21.2 Å². The average Bonchev–Trinajstić information content (AvgIpc) is 3.26. The number of aromatic nitrogens is 3. The number of alkyl halides is 2. The van der Waals surface area contributed by atoms with Crippen molar-refractivity contribution in [3.05, 3.63) is 54.1 Å². The highest BCUT2D eigenvalue weighted by molar-refractivity contribution is 7.91. The number of rotatable bonds is 6. The summed E-state index contributed by atoms with van der Waals surface area (Å²) >= 11 is 0. The highest BCUT2D eigenvalue weighted by Gasteiger charge is 2.39. The Kier molecular flexibility index (Phi) is 7.38. The number of pyridine rings is 1. The van der Waals surface area contributed by atoms with Crippen molar-refractivity contribution in [1.82, 2.24) is 14.8 Å². The molecule has 39 heavy (non-hydrogen) atoms. The molecule has 5 rings (SSSR count). The van der Waals surface area contributed by atoms with Crippen LogP contribution in [0.4, 0.5) is 24.7 Å². The maximum Gasteiger partial charge on any atom is 0.248 e. The number of sulfone groups is 1. The van der Waals surface area contributed by atoms with E-state index in [0.717, 1.165) is 11.9 Å². The predicted octanol–water partition coefficient (Wildman–Crippen LogP) is 3.56. The zero-order chi connectivity index (χ0) is 27.8. The number of carbonyl (C=O) groups excluding carboxylic acids is 1. The Bertz CT molecular complexity index is 1450. The van der Waals surface area contributed by atoms with Crippen LogP contribution in [0.1, 0.15) is 31.4 Å². The molecule has 0 bridgehead atoms. The summed E-state index contributed by atoms with van der Waals surface area (Å²) in [5.41, 5.74) is 2.01. The first-order chi connectivity index (χ1) is 18.5. The molecule has 1 unspecified atom stereocenters. The number of hydrogen-bond acceptors (Lipinski definition) is 7. The van der Waals surface area contributed by atoms with Crippen molar-refractivity contribution in [2.24, 2.45) is 5.92 Å². The molecule has 2 aromatic heterocycles. The minimum Gasteiger partial charge on any atom is -0.390 e. The van der Waals surface area contributed by atoms with Gasteiger partial charge in [-0.2, -0.15) is 0 Å². The molecular formula is C26H28F3N5O4S. The Balaban J connectivity index is 1.50. The molecule has 0 radical (unpaired) electrons. The highest BCUT2D eigenvalue weighted by Crippen LogP contribution is 2.39. The summed E-state index contributed by atoms with van der Waals surface area (Å²) < 4.78 is 66.4. The SMILES string of the molecule is O=C(Nc1nn(-c2ccc(F)cn2)c(CO)c1-c1ccc(N2CCS(=O)(=O)CC2)cc1)C1CCCC(F)(F)C1. The number of aliphatic hydroxyl groups is 1.